The van der Waals surface area contributed by atoms with E-state index >= 15 is 0 Å². The minimum absolute atomic E-state index is 0.0225. The minimum Gasteiger partial charge on any atom is -0.512 e. The van der Waals surface area contributed by atoms with Crippen LogP contribution in [0.1, 0.15) is 70.4 Å². The number of aromatic hydroxyl groups is 1. The largest absolute Gasteiger partial charge is 0.512 e. The predicted octanol–water partition coefficient (Wildman–Crippen LogP) is 4.65. The molecular weight excluding hydrogens is 576 g/mol. The summed E-state index contributed by atoms with van der Waals surface area (Å²) in [4.78, 5) is 32.5. The molecule has 1 saturated heterocycles. The van der Waals surface area contributed by atoms with Crippen molar-refractivity contribution in [2.45, 2.75) is 82.5 Å². The van der Waals surface area contributed by atoms with Gasteiger partial charge >= 0.3 is 0 Å². The number of hydrogen-bond donors (Lipinski definition) is 5. The Morgan fingerprint density at radius 3 is 2.64 bits per heavy atom. The van der Waals surface area contributed by atoms with Crippen molar-refractivity contribution in [3.8, 4) is 17.1 Å². The molecule has 1 saturated carbocycles. The summed E-state index contributed by atoms with van der Waals surface area (Å²) >= 11 is 0. The number of carbonyl (C=O) groups is 1. The number of fused-ring (bicyclic) bond motifs is 4. The van der Waals surface area contributed by atoms with Gasteiger partial charge in [-0.05, 0) is 69.2 Å². The lowest BCUT2D eigenvalue weighted by molar-refractivity contribution is -0.153. The summed E-state index contributed by atoms with van der Waals surface area (Å²) in [6.07, 6.45) is 2.92. The summed E-state index contributed by atoms with van der Waals surface area (Å²) in [5.74, 6) is 0.0247. The number of nitroso groups, excluding NO2 is 1. The molecule has 6 rings (SSSR count). The number of nitrogens with one attached hydrogen (secondary N) is 2. The highest BCUT2D eigenvalue weighted by atomic mass is 16.5. The van der Waals surface area contributed by atoms with Gasteiger partial charge in [-0.2, -0.15) is 4.98 Å². The molecule has 2 aromatic carbocycles. The number of phenols is 1. The van der Waals surface area contributed by atoms with Gasteiger partial charge < -0.3 is 25.2 Å². The van der Waals surface area contributed by atoms with Crippen molar-refractivity contribution in [1.29, 1.82) is 0 Å². The van der Waals surface area contributed by atoms with E-state index in [4.69, 9.17) is 4.52 Å². The van der Waals surface area contributed by atoms with E-state index in [2.05, 4.69) is 30.9 Å². The number of aliphatic hydroxyl groups is 2. The van der Waals surface area contributed by atoms with Crippen LogP contribution in [0.2, 0.25) is 0 Å². The molecule has 0 radical (unpaired) electrons. The predicted molar refractivity (Wildman–Crippen MR) is 166 cm³/mol. The van der Waals surface area contributed by atoms with Crippen LogP contribution < -0.4 is 10.6 Å². The highest BCUT2D eigenvalue weighted by molar-refractivity contribution is 5.93. The van der Waals surface area contributed by atoms with E-state index in [1.807, 2.05) is 37.3 Å². The number of rotatable bonds is 10. The van der Waals surface area contributed by atoms with Gasteiger partial charge in [-0.1, -0.05) is 48.5 Å². The van der Waals surface area contributed by atoms with Crippen LogP contribution in [0.4, 0.5) is 5.69 Å². The molecule has 2 heterocycles. The maximum Gasteiger partial charge on any atom is 0.252 e. The first kappa shape index (κ1) is 30.9. The van der Waals surface area contributed by atoms with Crippen molar-refractivity contribution >= 4 is 11.6 Å². The molecule has 2 aliphatic carbocycles. The molecule has 12 heteroatoms. The Labute approximate surface area is 261 Å². The molecular formula is C33H40N6O6. The SMILES string of the molecule is CCC(C)(NC(=O)/C(C)=C(\O)CC12NCN(CC3CC3)[C@H](Cc3ccc(O)c(N=O)c31)C2(C)O)c1nc(-c2ccccc2)no1. The van der Waals surface area contributed by atoms with Crippen LogP contribution >= 0.6 is 0 Å². The van der Waals surface area contributed by atoms with Gasteiger partial charge in [-0.15, -0.1) is 4.91 Å². The Bertz CT molecular complexity index is 1650. The molecule has 3 aliphatic rings. The Hall–Kier alpha value is -4.13. The molecule has 45 heavy (non-hydrogen) atoms. The van der Waals surface area contributed by atoms with E-state index in [-0.39, 0.29) is 41.1 Å². The minimum atomic E-state index is -1.51. The fourth-order valence-corrected chi connectivity index (χ4v) is 6.86. The highest BCUT2D eigenvalue weighted by Gasteiger charge is 2.62. The van der Waals surface area contributed by atoms with Gasteiger partial charge in [0.1, 0.15) is 22.6 Å². The quantitative estimate of drug-likeness (QED) is 0.123. The number of aromatic nitrogens is 2. The Balaban J connectivity index is 1.33. The molecule has 238 valence electrons. The lowest BCUT2D eigenvalue weighted by atomic mass is 9.60. The van der Waals surface area contributed by atoms with Crippen LogP contribution in [0.15, 0.2) is 63.5 Å². The van der Waals surface area contributed by atoms with Gasteiger partial charge in [0, 0.05) is 36.8 Å². The molecule has 12 nitrogen and oxygen atoms in total. The molecule has 4 atom stereocenters. The van der Waals surface area contributed by atoms with Crippen molar-refractivity contribution in [2.24, 2.45) is 11.1 Å². The first-order valence-corrected chi connectivity index (χ1v) is 15.4. The lowest BCUT2D eigenvalue weighted by Crippen LogP contribution is -2.76. The van der Waals surface area contributed by atoms with Crippen LogP contribution in [0.3, 0.4) is 0 Å². The first-order valence-electron chi connectivity index (χ1n) is 15.4. The molecule has 2 fully saturated rings. The van der Waals surface area contributed by atoms with Gasteiger partial charge in [0.05, 0.1) is 11.1 Å². The number of nitrogens with zero attached hydrogens (tertiary/aromatic N) is 4. The summed E-state index contributed by atoms with van der Waals surface area (Å²) in [6.45, 7) is 8.03. The van der Waals surface area contributed by atoms with Crippen molar-refractivity contribution < 1.29 is 24.6 Å². The van der Waals surface area contributed by atoms with E-state index in [1.54, 1.807) is 19.9 Å². The van der Waals surface area contributed by atoms with Crippen LogP contribution in [-0.2, 0) is 22.3 Å². The first-order chi connectivity index (χ1) is 21.4. The van der Waals surface area contributed by atoms with E-state index in [0.717, 1.165) is 30.5 Å². The van der Waals surface area contributed by atoms with Crippen LogP contribution in [0.25, 0.3) is 11.4 Å². The summed E-state index contributed by atoms with van der Waals surface area (Å²) in [6, 6.07) is 12.2. The zero-order chi connectivity index (χ0) is 32.1. The van der Waals surface area contributed by atoms with E-state index < -0.39 is 22.6 Å². The Morgan fingerprint density at radius 1 is 1.24 bits per heavy atom. The maximum atomic E-state index is 13.7. The second-order valence-corrected chi connectivity index (χ2v) is 13.1. The summed E-state index contributed by atoms with van der Waals surface area (Å²) in [5, 5.41) is 48.2. The molecule has 1 aliphatic heterocycles. The zero-order valence-corrected chi connectivity index (χ0v) is 26.0. The maximum absolute atomic E-state index is 13.7. The van der Waals surface area contributed by atoms with Crippen molar-refractivity contribution in [3.05, 3.63) is 75.7 Å². The van der Waals surface area contributed by atoms with Crippen molar-refractivity contribution in [1.82, 2.24) is 25.7 Å². The van der Waals surface area contributed by atoms with Gasteiger partial charge in [0.15, 0.2) is 5.69 Å². The lowest BCUT2D eigenvalue weighted by Gasteiger charge is -2.61. The van der Waals surface area contributed by atoms with Crippen LogP contribution in [0, 0.1) is 10.8 Å². The smallest absolute Gasteiger partial charge is 0.252 e. The number of hydrogen-bond acceptors (Lipinski definition) is 11. The third-order valence-corrected chi connectivity index (χ3v) is 10.1. The molecule has 2 bridgehead atoms. The Kier molecular flexibility index (Phi) is 7.78. The third-order valence-electron chi connectivity index (χ3n) is 10.1. The Morgan fingerprint density at radius 2 is 1.98 bits per heavy atom. The monoisotopic (exact) mass is 616 g/mol. The molecule has 3 unspecified atom stereocenters. The standard InChI is InChI=1S/C33H40N6O6/c1-5-31(3,30-35-28(38-45-30)21-9-7-6-8-10-21)36-29(42)19(2)24(41)16-33-26-22(13-14-23(40)27(26)37-44)15-25(32(33,4)43)39(18-34-33)17-20-11-12-20/h6-10,13-14,20,25,34,40-41,43H,5,11-12,15-18H2,1-4H3,(H,36,42)/b24-19-/t25-,31?,32?,33?/m1/s1. The van der Waals surface area contributed by atoms with E-state index in [0.29, 0.717) is 36.8 Å². The van der Waals surface area contributed by atoms with Crippen molar-refractivity contribution in [2.75, 3.05) is 13.2 Å². The average Bonchev–Trinajstić information content (AvgIpc) is 3.70. The number of phenolic OH excluding ortho intramolecular Hbond substituents is 1. The fourth-order valence-electron chi connectivity index (χ4n) is 6.86. The van der Waals surface area contributed by atoms with E-state index in [9.17, 15) is 25.0 Å². The molecule has 1 aromatic heterocycles. The second kappa shape index (κ2) is 11.3. The molecule has 0 spiro atoms. The molecule has 1 amide bonds. The summed E-state index contributed by atoms with van der Waals surface area (Å²) in [7, 11) is 0. The number of aliphatic hydroxyl groups excluding tert-OH is 1. The fraction of sp³-hybridized carbons (Fsp3) is 0.485. The number of amides is 1. The van der Waals surface area contributed by atoms with Gasteiger partial charge in [0.2, 0.25) is 5.82 Å². The number of carbonyl (C=O) groups excluding carboxylic acids is 1. The number of benzene rings is 2. The second-order valence-electron chi connectivity index (χ2n) is 13.1. The topological polar surface area (TPSA) is 173 Å². The van der Waals surface area contributed by atoms with E-state index in [1.165, 1.54) is 13.0 Å². The third kappa shape index (κ3) is 5.20. The average molecular weight is 617 g/mol. The van der Waals surface area contributed by atoms with Gasteiger partial charge in [-0.3, -0.25) is 15.0 Å². The van der Waals surface area contributed by atoms with Crippen LogP contribution in [0.5, 0.6) is 5.75 Å². The van der Waals surface area contributed by atoms with Crippen LogP contribution in [-0.4, -0.2) is 61.1 Å². The molecule has 3 aromatic rings. The van der Waals surface area contributed by atoms with Gasteiger partial charge in [0.25, 0.3) is 11.8 Å². The normalized spacial score (nSPS) is 26.4. The van der Waals surface area contributed by atoms with Crippen molar-refractivity contribution in [3.63, 3.8) is 0 Å². The van der Waals surface area contributed by atoms with Gasteiger partial charge in [-0.25, -0.2) is 0 Å². The summed E-state index contributed by atoms with van der Waals surface area (Å²) in [5.41, 5.74) is -2.30. The summed E-state index contributed by atoms with van der Waals surface area (Å²) < 4.78 is 5.57. The highest BCUT2D eigenvalue weighted by Crippen LogP contribution is 2.55. The molecule has 5 N–H and O–H groups in total. The zero-order valence-electron chi connectivity index (χ0n) is 26.0.